The molecule has 1 aromatic rings. The normalized spacial score (nSPS) is 15.9. The van der Waals surface area contributed by atoms with Gasteiger partial charge in [-0.1, -0.05) is 0 Å². The van der Waals surface area contributed by atoms with Crippen molar-refractivity contribution in [2.24, 2.45) is 0 Å². The molecule has 104 valence electrons. The third-order valence-electron chi connectivity index (χ3n) is 3.32. The summed E-state index contributed by atoms with van der Waals surface area (Å²) < 4.78 is 10.4. The summed E-state index contributed by atoms with van der Waals surface area (Å²) in [7, 11) is 3.14. The van der Waals surface area contributed by atoms with Gasteiger partial charge in [-0.15, -0.1) is 0 Å². The number of piperidine rings is 1. The summed E-state index contributed by atoms with van der Waals surface area (Å²) in [5.74, 6) is 1.13. The van der Waals surface area contributed by atoms with E-state index < -0.39 is 0 Å². The van der Waals surface area contributed by atoms with Crippen molar-refractivity contribution in [1.82, 2.24) is 10.6 Å². The molecule has 1 aliphatic heterocycles. The van der Waals surface area contributed by atoms with Crippen molar-refractivity contribution < 1.29 is 14.3 Å². The highest BCUT2D eigenvalue weighted by Crippen LogP contribution is 2.27. The van der Waals surface area contributed by atoms with Gasteiger partial charge in [-0.3, -0.25) is 4.79 Å². The van der Waals surface area contributed by atoms with Gasteiger partial charge < -0.3 is 20.1 Å². The minimum Gasteiger partial charge on any atom is -0.493 e. The molecule has 2 N–H and O–H groups in total. The van der Waals surface area contributed by atoms with E-state index in [-0.39, 0.29) is 11.9 Å². The number of hydrogen-bond donors (Lipinski definition) is 2. The molecule has 1 heterocycles. The van der Waals surface area contributed by atoms with Gasteiger partial charge in [0.25, 0.3) is 5.91 Å². The smallest absolute Gasteiger partial charge is 0.251 e. The van der Waals surface area contributed by atoms with Crippen molar-refractivity contribution in [1.29, 1.82) is 0 Å². The molecule has 19 heavy (non-hydrogen) atoms. The Hall–Kier alpha value is -1.75. The number of methoxy groups -OCH3 is 2. The lowest BCUT2D eigenvalue weighted by atomic mass is 10.1. The highest BCUT2D eigenvalue weighted by molar-refractivity contribution is 5.95. The van der Waals surface area contributed by atoms with Gasteiger partial charge in [-0.25, -0.2) is 0 Å². The highest BCUT2D eigenvalue weighted by atomic mass is 16.5. The molecule has 1 fully saturated rings. The molecule has 0 unspecified atom stereocenters. The standard InChI is InChI=1S/C14H20N2O3/c1-18-12-4-3-10(9-13(12)19-2)14(17)16-11-5-7-15-8-6-11/h3-4,9,11,15H,5-8H2,1-2H3,(H,16,17). The molecule has 2 rings (SSSR count). The summed E-state index contributed by atoms with van der Waals surface area (Å²) >= 11 is 0. The van der Waals surface area contributed by atoms with E-state index in [1.807, 2.05) is 0 Å². The van der Waals surface area contributed by atoms with E-state index in [1.54, 1.807) is 32.4 Å². The molecule has 1 saturated heterocycles. The van der Waals surface area contributed by atoms with E-state index in [0.29, 0.717) is 17.1 Å². The molecule has 1 aromatic carbocycles. The first-order chi connectivity index (χ1) is 9.24. The average molecular weight is 264 g/mol. The minimum absolute atomic E-state index is 0.0622. The largest absolute Gasteiger partial charge is 0.493 e. The quantitative estimate of drug-likeness (QED) is 0.857. The number of hydrogen-bond acceptors (Lipinski definition) is 4. The molecule has 0 aliphatic carbocycles. The van der Waals surface area contributed by atoms with Crippen molar-refractivity contribution in [2.75, 3.05) is 27.3 Å². The van der Waals surface area contributed by atoms with E-state index in [2.05, 4.69) is 10.6 Å². The van der Waals surface area contributed by atoms with Crippen molar-refractivity contribution in [3.63, 3.8) is 0 Å². The van der Waals surface area contributed by atoms with Crippen LogP contribution in [0.4, 0.5) is 0 Å². The lowest BCUT2D eigenvalue weighted by Crippen LogP contribution is -2.42. The topological polar surface area (TPSA) is 59.6 Å². The van der Waals surface area contributed by atoms with Gasteiger partial charge in [0.2, 0.25) is 0 Å². The molecule has 5 heteroatoms. The number of carbonyl (C=O) groups is 1. The zero-order valence-electron chi connectivity index (χ0n) is 11.4. The van der Waals surface area contributed by atoms with Gasteiger partial charge in [-0.05, 0) is 44.1 Å². The van der Waals surface area contributed by atoms with Crippen molar-refractivity contribution in [3.8, 4) is 11.5 Å². The first-order valence-electron chi connectivity index (χ1n) is 6.48. The molecule has 0 radical (unpaired) electrons. The van der Waals surface area contributed by atoms with E-state index in [9.17, 15) is 4.79 Å². The summed E-state index contributed by atoms with van der Waals surface area (Å²) in [5.41, 5.74) is 0.594. The van der Waals surface area contributed by atoms with Crippen LogP contribution in [-0.2, 0) is 0 Å². The number of benzene rings is 1. The molecule has 1 aliphatic rings. The molecule has 0 saturated carbocycles. The number of carbonyl (C=O) groups excluding carboxylic acids is 1. The lowest BCUT2D eigenvalue weighted by molar-refractivity contribution is 0.0929. The van der Waals surface area contributed by atoms with Crippen molar-refractivity contribution in [3.05, 3.63) is 23.8 Å². The van der Waals surface area contributed by atoms with Gasteiger partial charge in [0, 0.05) is 11.6 Å². The van der Waals surface area contributed by atoms with Crippen LogP contribution in [0.5, 0.6) is 11.5 Å². The van der Waals surface area contributed by atoms with Crippen LogP contribution < -0.4 is 20.1 Å². The maximum Gasteiger partial charge on any atom is 0.251 e. The van der Waals surface area contributed by atoms with E-state index in [0.717, 1.165) is 25.9 Å². The Bertz CT molecular complexity index is 442. The first kappa shape index (κ1) is 13.7. The monoisotopic (exact) mass is 264 g/mol. The molecule has 0 bridgehead atoms. The zero-order chi connectivity index (χ0) is 13.7. The predicted octanol–water partition coefficient (Wildman–Crippen LogP) is 1.19. The summed E-state index contributed by atoms with van der Waals surface area (Å²) in [6.07, 6.45) is 1.94. The first-order valence-corrected chi connectivity index (χ1v) is 6.48. The van der Waals surface area contributed by atoms with Crippen molar-refractivity contribution in [2.45, 2.75) is 18.9 Å². The fraction of sp³-hybridized carbons (Fsp3) is 0.500. The third kappa shape index (κ3) is 3.38. The molecule has 0 aromatic heterocycles. The molecule has 0 spiro atoms. The second-order valence-corrected chi connectivity index (χ2v) is 4.57. The molecular formula is C14H20N2O3. The second kappa shape index (κ2) is 6.43. The van der Waals surface area contributed by atoms with E-state index in [1.165, 1.54) is 0 Å². The van der Waals surface area contributed by atoms with Crippen LogP contribution in [0.2, 0.25) is 0 Å². The van der Waals surface area contributed by atoms with Crippen molar-refractivity contribution >= 4 is 5.91 Å². The Morgan fingerprint density at radius 3 is 2.53 bits per heavy atom. The summed E-state index contributed by atoms with van der Waals surface area (Å²) in [6.45, 7) is 1.91. The SMILES string of the molecule is COc1ccc(C(=O)NC2CCNCC2)cc1OC. The minimum atomic E-state index is -0.0622. The molecular weight excluding hydrogens is 244 g/mol. The van der Waals surface area contributed by atoms with Gasteiger partial charge in [0.15, 0.2) is 11.5 Å². The Morgan fingerprint density at radius 2 is 1.89 bits per heavy atom. The summed E-state index contributed by atoms with van der Waals surface area (Å²) in [5, 5.41) is 6.32. The van der Waals surface area contributed by atoms with Gasteiger partial charge in [-0.2, -0.15) is 0 Å². The maximum atomic E-state index is 12.2. The third-order valence-corrected chi connectivity index (χ3v) is 3.32. The Labute approximate surface area is 113 Å². The van der Waals surface area contributed by atoms with E-state index in [4.69, 9.17) is 9.47 Å². The van der Waals surface area contributed by atoms with Crippen LogP contribution in [0.25, 0.3) is 0 Å². The van der Waals surface area contributed by atoms with E-state index >= 15 is 0 Å². The molecule has 0 atom stereocenters. The van der Waals surface area contributed by atoms with Crippen LogP contribution in [0.15, 0.2) is 18.2 Å². The Kier molecular flexibility index (Phi) is 4.63. The summed E-state index contributed by atoms with van der Waals surface area (Å²) in [4.78, 5) is 12.2. The second-order valence-electron chi connectivity index (χ2n) is 4.57. The predicted molar refractivity (Wildman–Crippen MR) is 72.9 cm³/mol. The summed E-state index contributed by atoms with van der Waals surface area (Å²) in [6, 6.07) is 5.45. The van der Waals surface area contributed by atoms with Crippen LogP contribution in [0.3, 0.4) is 0 Å². The number of rotatable bonds is 4. The van der Waals surface area contributed by atoms with Crippen LogP contribution in [0, 0.1) is 0 Å². The van der Waals surface area contributed by atoms with Crippen LogP contribution in [-0.4, -0.2) is 39.3 Å². The number of ether oxygens (including phenoxy) is 2. The lowest BCUT2D eigenvalue weighted by Gasteiger charge is -2.23. The molecule has 5 nitrogen and oxygen atoms in total. The highest BCUT2D eigenvalue weighted by Gasteiger charge is 2.17. The van der Waals surface area contributed by atoms with Crippen LogP contribution in [0.1, 0.15) is 23.2 Å². The van der Waals surface area contributed by atoms with Gasteiger partial charge >= 0.3 is 0 Å². The number of amides is 1. The fourth-order valence-corrected chi connectivity index (χ4v) is 2.21. The fourth-order valence-electron chi connectivity index (χ4n) is 2.21. The number of nitrogens with one attached hydrogen (secondary N) is 2. The average Bonchev–Trinajstić information content (AvgIpc) is 2.47. The van der Waals surface area contributed by atoms with Gasteiger partial charge in [0.05, 0.1) is 14.2 Å². The van der Waals surface area contributed by atoms with Crippen LogP contribution >= 0.6 is 0 Å². The molecule has 1 amide bonds. The maximum absolute atomic E-state index is 12.2. The Morgan fingerprint density at radius 1 is 1.21 bits per heavy atom. The Balaban J connectivity index is 2.05. The van der Waals surface area contributed by atoms with Gasteiger partial charge in [0.1, 0.15) is 0 Å². The zero-order valence-corrected chi connectivity index (χ0v) is 11.4.